The quantitative estimate of drug-likeness (QED) is 0.0336. The molecular weight excluding hydrogens is 843 g/mol. The molecule has 0 fully saturated rings. The van der Waals surface area contributed by atoms with Crippen LogP contribution in [0, 0.1) is 17.8 Å². The van der Waals surface area contributed by atoms with Crippen LogP contribution in [0.3, 0.4) is 0 Å². The van der Waals surface area contributed by atoms with Gasteiger partial charge in [0.25, 0.3) is 0 Å². The van der Waals surface area contributed by atoms with Gasteiger partial charge in [0.1, 0.15) is 11.8 Å². The fraction of sp³-hybridized carbons (Fsp3) is 0.690. The number of fused-ring (bicyclic) bond motifs is 11. The summed E-state index contributed by atoms with van der Waals surface area (Å²) < 4.78 is 16.4. The molecule has 0 spiro atoms. The van der Waals surface area contributed by atoms with E-state index in [9.17, 15) is 38.8 Å². The molecule has 3 rings (SSSR count). The van der Waals surface area contributed by atoms with Gasteiger partial charge in [-0.25, -0.2) is 5.48 Å². The van der Waals surface area contributed by atoms with Crippen molar-refractivity contribution in [1.82, 2.24) is 37.4 Å². The van der Waals surface area contributed by atoms with Crippen molar-refractivity contribution in [2.75, 3.05) is 82.2 Å². The molecule has 0 saturated carbocycles. The highest BCUT2D eigenvalue weighted by Crippen LogP contribution is 2.27. The minimum Gasteiger partial charge on any atom is -0.494 e. The van der Waals surface area contributed by atoms with Crippen LogP contribution in [0.15, 0.2) is 24.3 Å². The molecule has 0 aliphatic carbocycles. The van der Waals surface area contributed by atoms with Crippen molar-refractivity contribution in [3.63, 3.8) is 0 Å². The molecule has 350 valence electrons. The zero-order valence-corrected chi connectivity index (χ0v) is 38.3. The minimum absolute atomic E-state index is 0.0274. The third kappa shape index (κ3) is 23.9. The van der Waals surface area contributed by atoms with Gasteiger partial charge in [0.05, 0.1) is 43.8 Å². The molecule has 2 aliphatic heterocycles. The lowest BCUT2D eigenvalue weighted by Gasteiger charge is -2.28. The molecule has 4 atom stereocenters. The Kier molecular flexibility index (Phi) is 28.4. The predicted molar refractivity (Wildman–Crippen MR) is 239 cm³/mol. The summed E-state index contributed by atoms with van der Waals surface area (Å²) in [7, 11) is 0. The second-order valence-electron chi connectivity index (χ2n) is 15.1. The number of ether oxygens (including phenoxy) is 3. The van der Waals surface area contributed by atoms with Crippen LogP contribution in [-0.2, 0) is 49.5 Å². The maximum Gasteiger partial charge on any atom is 0.247 e. The molecule has 1 unspecified atom stereocenters. The first kappa shape index (κ1) is 54.0. The summed E-state index contributed by atoms with van der Waals surface area (Å²) >= 11 is 2.89. The molecule has 62 heavy (non-hydrogen) atoms. The third-order valence-electron chi connectivity index (χ3n) is 9.59. The molecule has 18 nitrogen and oxygen atoms in total. The fourth-order valence-corrected chi connectivity index (χ4v) is 7.74. The summed E-state index contributed by atoms with van der Waals surface area (Å²) in [5.74, 6) is -2.13. The van der Waals surface area contributed by atoms with Gasteiger partial charge in [0.2, 0.25) is 41.4 Å². The smallest absolute Gasteiger partial charge is 0.247 e. The van der Waals surface area contributed by atoms with Crippen LogP contribution in [0.25, 0.3) is 0 Å². The Morgan fingerprint density at radius 2 is 1.50 bits per heavy atom. The number of hydroxylamine groups is 1. The van der Waals surface area contributed by atoms with E-state index >= 15 is 0 Å². The highest BCUT2D eigenvalue weighted by molar-refractivity contribution is 8.00. The van der Waals surface area contributed by atoms with Gasteiger partial charge >= 0.3 is 0 Å². The number of nitrogens with one attached hydrogen (secondary N) is 7. The van der Waals surface area contributed by atoms with Gasteiger partial charge in [0.15, 0.2) is 0 Å². The van der Waals surface area contributed by atoms with Gasteiger partial charge in [-0.15, -0.1) is 23.5 Å². The maximum absolute atomic E-state index is 13.8. The number of hydrogen-bond donors (Lipinski definition) is 8. The Morgan fingerprint density at radius 3 is 2.13 bits per heavy atom. The van der Waals surface area contributed by atoms with E-state index in [0.717, 1.165) is 5.56 Å². The summed E-state index contributed by atoms with van der Waals surface area (Å²) in [5, 5.41) is 26.2. The average Bonchev–Trinajstić information content (AvgIpc) is 3.25. The summed E-state index contributed by atoms with van der Waals surface area (Å²) in [5.41, 5.74) is 2.43. The normalized spacial score (nSPS) is 17.1. The number of amides is 7. The molecule has 8 N–H and O–H groups in total. The van der Waals surface area contributed by atoms with Gasteiger partial charge in [-0.1, -0.05) is 26.0 Å². The number of benzene rings is 1. The lowest BCUT2D eigenvalue weighted by molar-refractivity contribution is -0.142. The summed E-state index contributed by atoms with van der Waals surface area (Å²) in [4.78, 5) is 90.4. The van der Waals surface area contributed by atoms with Crippen LogP contribution in [-0.4, -0.2) is 141 Å². The Labute approximate surface area is 374 Å². The Morgan fingerprint density at radius 1 is 0.855 bits per heavy atom. The predicted octanol–water partition coefficient (Wildman–Crippen LogP) is 1.33. The maximum atomic E-state index is 13.8. The van der Waals surface area contributed by atoms with Crippen molar-refractivity contribution in [3.8, 4) is 5.75 Å². The standard InChI is InChI=1S/C42H69N7O11S2/c1-5-58-19-21-61-27-38(52)45-25-31(47-39(53)28-62-22-20-59-6-2)12-15-36(50)43-16-8-17-44-37(51)26-46-42(56)35-24-30-10-13-32(14-11-30)60-18-7-9-33(41(55)49-57)34(23-29(3)4)40(54)48-35/h10-11,13-14,29,31,33-35,57H,5-9,12,15-28H2,1-4H3,(H,43,50)(H,44,51)(H,45,52)(H,46,56)(H,47,53)(H,48,54)(H,49,55)/t31?,33-,34+,35-/m0/s1. The van der Waals surface area contributed by atoms with E-state index in [1.807, 2.05) is 27.7 Å². The molecule has 7 amide bonds. The van der Waals surface area contributed by atoms with Crippen LogP contribution < -0.4 is 42.1 Å². The zero-order valence-electron chi connectivity index (χ0n) is 36.7. The summed E-state index contributed by atoms with van der Waals surface area (Å²) in [6, 6.07) is 5.57. The van der Waals surface area contributed by atoms with Crippen molar-refractivity contribution >= 4 is 64.9 Å². The van der Waals surface area contributed by atoms with Crippen molar-refractivity contribution in [1.29, 1.82) is 0 Å². The van der Waals surface area contributed by atoms with Crippen molar-refractivity contribution in [3.05, 3.63) is 29.8 Å². The first-order chi connectivity index (χ1) is 29.9. The average molecular weight is 912 g/mol. The van der Waals surface area contributed by atoms with Crippen molar-refractivity contribution in [2.45, 2.75) is 84.7 Å². The van der Waals surface area contributed by atoms with Gasteiger partial charge in [-0.05, 0) is 69.6 Å². The summed E-state index contributed by atoms with van der Waals surface area (Å²) in [6.45, 7) is 10.6. The van der Waals surface area contributed by atoms with Crippen molar-refractivity contribution in [2.24, 2.45) is 17.8 Å². The van der Waals surface area contributed by atoms with Gasteiger partial charge in [0, 0.05) is 69.2 Å². The van der Waals surface area contributed by atoms with E-state index < -0.39 is 47.5 Å². The van der Waals surface area contributed by atoms with Crippen LogP contribution in [0.5, 0.6) is 5.75 Å². The SMILES string of the molecule is CCOCCSCC(=O)NCC(CCC(=O)NCCCNC(=O)CNC(=O)[C@@H]1Cc2ccc(cc2)OCCC[C@H](C(=O)NO)[C@@H](CC(C)C)C(=O)N1)NC(=O)CSCCOCC. The molecule has 1 aromatic rings. The monoisotopic (exact) mass is 911 g/mol. The molecule has 0 saturated heterocycles. The molecule has 2 heterocycles. The number of carbonyl (C=O) groups is 7. The summed E-state index contributed by atoms with van der Waals surface area (Å²) in [6.07, 6.45) is 1.95. The Balaban J connectivity index is 1.87. The number of thioether (sulfide) groups is 2. The first-order valence-corrected chi connectivity index (χ1v) is 23.8. The van der Waals surface area contributed by atoms with Crippen LogP contribution in [0.1, 0.15) is 71.8 Å². The Bertz CT molecular complexity index is 1520. The topological polar surface area (TPSA) is 252 Å². The molecule has 0 radical (unpaired) electrons. The second kappa shape index (κ2) is 32.5. The Hall–Kier alpha value is -4.11. The van der Waals surface area contributed by atoms with Crippen LogP contribution in [0.2, 0.25) is 0 Å². The molecule has 0 aromatic heterocycles. The first-order valence-electron chi connectivity index (χ1n) is 21.5. The largest absolute Gasteiger partial charge is 0.494 e. The highest BCUT2D eigenvalue weighted by atomic mass is 32.2. The lowest BCUT2D eigenvalue weighted by Crippen LogP contribution is -2.53. The molecule has 20 heteroatoms. The molecule has 2 aliphatic rings. The molecule has 2 bridgehead atoms. The minimum atomic E-state index is -1.07. The van der Waals surface area contributed by atoms with E-state index in [0.29, 0.717) is 76.0 Å². The van der Waals surface area contributed by atoms with E-state index in [2.05, 4.69) is 31.9 Å². The van der Waals surface area contributed by atoms with Gasteiger partial charge < -0.3 is 46.1 Å². The highest BCUT2D eigenvalue weighted by Gasteiger charge is 2.36. The van der Waals surface area contributed by atoms with E-state index in [1.165, 1.54) is 23.5 Å². The zero-order chi connectivity index (χ0) is 45.5. The number of hydrogen-bond acceptors (Lipinski definition) is 13. The van der Waals surface area contributed by atoms with E-state index in [4.69, 9.17) is 14.2 Å². The number of rotatable bonds is 28. The van der Waals surface area contributed by atoms with Gasteiger partial charge in [-0.3, -0.25) is 38.8 Å². The lowest BCUT2D eigenvalue weighted by atomic mass is 9.81. The molecular formula is C42H69N7O11S2. The second-order valence-corrected chi connectivity index (χ2v) is 17.3. The van der Waals surface area contributed by atoms with E-state index in [-0.39, 0.29) is 80.6 Å². The van der Waals surface area contributed by atoms with Crippen molar-refractivity contribution < 1.29 is 53.0 Å². The molecule has 1 aromatic carbocycles. The van der Waals surface area contributed by atoms with E-state index in [1.54, 1.807) is 29.7 Å². The van der Waals surface area contributed by atoms with Crippen LogP contribution >= 0.6 is 23.5 Å². The third-order valence-corrected chi connectivity index (χ3v) is 11.4. The van der Waals surface area contributed by atoms with Gasteiger partial charge in [-0.2, -0.15) is 0 Å². The fourth-order valence-electron chi connectivity index (χ4n) is 6.43. The van der Waals surface area contributed by atoms with Crippen LogP contribution in [0.4, 0.5) is 0 Å². The number of carbonyl (C=O) groups excluding carboxylic acids is 7.